The minimum Gasteiger partial charge on any atom is -0.467 e. The molecule has 172 valence electrons. The zero-order chi connectivity index (χ0) is 23.5. The summed E-state index contributed by atoms with van der Waals surface area (Å²) in [6.45, 7) is 0.0676. The fourth-order valence-corrected chi connectivity index (χ4v) is 5.21. The predicted molar refractivity (Wildman–Crippen MR) is 128 cm³/mol. The highest BCUT2D eigenvalue weighted by molar-refractivity contribution is 7.15. The lowest BCUT2D eigenvalue weighted by atomic mass is 10.0. The number of halogens is 1. The first kappa shape index (κ1) is 22.3. The van der Waals surface area contributed by atoms with Gasteiger partial charge in [-0.05, 0) is 29.1 Å². The average molecular weight is 496 g/mol. The van der Waals surface area contributed by atoms with E-state index in [1.807, 2.05) is 30.3 Å². The fraction of sp³-hybridized carbons (Fsp3) is 0.120. The van der Waals surface area contributed by atoms with Crippen molar-refractivity contribution >= 4 is 39.6 Å². The lowest BCUT2D eigenvalue weighted by Crippen LogP contribution is -2.16. The number of esters is 1. The molecule has 2 aromatic heterocycles. The Bertz CT molecular complexity index is 1340. The van der Waals surface area contributed by atoms with Gasteiger partial charge in [-0.25, -0.2) is 9.18 Å². The molecule has 0 aliphatic carbocycles. The highest BCUT2D eigenvalue weighted by atomic mass is 32.1. The molecule has 1 aliphatic rings. The maximum Gasteiger partial charge on any atom is 0.342 e. The number of hydrogen-bond acceptors (Lipinski definition) is 7. The lowest BCUT2D eigenvalue weighted by molar-refractivity contribution is -0.0182. The number of carbonyl (C=O) groups excluding carboxylic acids is 2. The molecule has 5 rings (SSSR count). The number of ether oxygens (including phenoxy) is 3. The number of anilines is 1. The molecular weight excluding hydrogens is 477 g/mol. The van der Waals surface area contributed by atoms with Gasteiger partial charge < -0.3 is 19.5 Å². The minimum absolute atomic E-state index is 0.0428. The average Bonchev–Trinajstić information content (AvgIpc) is 3.53. The topological polar surface area (TPSA) is 73.9 Å². The van der Waals surface area contributed by atoms with E-state index >= 15 is 0 Å². The SMILES string of the molecule is O=C(Nc1scc(-c2ccccc2)c1C(=O)OCc1cc(F)cc2c1OCOC2)c1cccs1. The van der Waals surface area contributed by atoms with Gasteiger partial charge in [0.2, 0.25) is 0 Å². The van der Waals surface area contributed by atoms with Crippen molar-refractivity contribution in [3.05, 3.63) is 92.7 Å². The summed E-state index contributed by atoms with van der Waals surface area (Å²) in [6, 6.07) is 15.5. The monoisotopic (exact) mass is 495 g/mol. The first-order valence-corrected chi connectivity index (χ1v) is 12.1. The van der Waals surface area contributed by atoms with Crippen molar-refractivity contribution in [2.24, 2.45) is 0 Å². The molecule has 4 aromatic rings. The standard InChI is InChI=1S/C25H18FNO5S2/c26-18-9-16-11-30-14-32-22(16)17(10-18)12-31-25(29)21-19(15-5-2-1-3-6-15)13-34-24(21)27-23(28)20-7-4-8-33-20/h1-10,13H,11-12,14H2,(H,27,28). The smallest absolute Gasteiger partial charge is 0.342 e. The molecular formula is C25H18FNO5S2. The third-order valence-electron chi connectivity index (χ3n) is 5.16. The molecule has 0 atom stereocenters. The second-order valence-corrected chi connectivity index (χ2v) is 9.22. The number of carbonyl (C=O) groups is 2. The molecule has 0 saturated carbocycles. The van der Waals surface area contributed by atoms with Crippen LogP contribution in [0.4, 0.5) is 9.39 Å². The van der Waals surface area contributed by atoms with Gasteiger partial charge in [0.25, 0.3) is 5.91 Å². The number of hydrogen-bond donors (Lipinski definition) is 1. The molecule has 3 heterocycles. The summed E-state index contributed by atoms with van der Waals surface area (Å²) >= 11 is 2.55. The fourth-order valence-electron chi connectivity index (χ4n) is 3.63. The number of amides is 1. The molecule has 0 unspecified atom stereocenters. The van der Waals surface area contributed by atoms with E-state index in [9.17, 15) is 14.0 Å². The number of benzene rings is 2. The molecule has 0 spiro atoms. The highest BCUT2D eigenvalue weighted by Gasteiger charge is 2.25. The van der Waals surface area contributed by atoms with E-state index in [-0.39, 0.29) is 31.5 Å². The van der Waals surface area contributed by atoms with Gasteiger partial charge in [-0.3, -0.25) is 4.79 Å². The molecule has 1 aliphatic heterocycles. The molecule has 1 N–H and O–H groups in total. The normalized spacial score (nSPS) is 12.5. The first-order valence-electron chi connectivity index (χ1n) is 10.3. The van der Waals surface area contributed by atoms with Crippen LogP contribution in [-0.4, -0.2) is 18.7 Å². The number of fused-ring (bicyclic) bond motifs is 1. The molecule has 34 heavy (non-hydrogen) atoms. The van der Waals surface area contributed by atoms with Gasteiger partial charge in [-0.1, -0.05) is 36.4 Å². The van der Waals surface area contributed by atoms with Crippen LogP contribution in [-0.2, 0) is 22.7 Å². The number of rotatable bonds is 6. The summed E-state index contributed by atoms with van der Waals surface area (Å²) in [5.41, 5.74) is 2.67. The summed E-state index contributed by atoms with van der Waals surface area (Å²) in [5, 5.41) is 6.82. The maximum atomic E-state index is 14.1. The quantitative estimate of drug-likeness (QED) is 0.328. The molecule has 0 bridgehead atoms. The Kier molecular flexibility index (Phi) is 6.39. The van der Waals surface area contributed by atoms with E-state index in [1.165, 1.54) is 34.8 Å². The van der Waals surface area contributed by atoms with Gasteiger partial charge in [0.1, 0.15) is 28.7 Å². The van der Waals surface area contributed by atoms with Gasteiger partial charge >= 0.3 is 5.97 Å². The van der Waals surface area contributed by atoms with Crippen molar-refractivity contribution in [1.29, 1.82) is 0 Å². The van der Waals surface area contributed by atoms with Crippen molar-refractivity contribution in [3.63, 3.8) is 0 Å². The van der Waals surface area contributed by atoms with Crippen molar-refractivity contribution in [2.75, 3.05) is 12.1 Å². The lowest BCUT2D eigenvalue weighted by Gasteiger charge is -2.20. The Morgan fingerprint density at radius 1 is 1.09 bits per heavy atom. The van der Waals surface area contributed by atoms with E-state index in [1.54, 1.807) is 22.9 Å². The summed E-state index contributed by atoms with van der Waals surface area (Å²) in [4.78, 5) is 26.5. The third-order valence-corrected chi connectivity index (χ3v) is 6.93. The summed E-state index contributed by atoms with van der Waals surface area (Å²) < 4.78 is 30.4. The highest BCUT2D eigenvalue weighted by Crippen LogP contribution is 2.37. The van der Waals surface area contributed by atoms with Crippen LogP contribution < -0.4 is 10.1 Å². The largest absolute Gasteiger partial charge is 0.467 e. The molecule has 0 saturated heterocycles. The third kappa shape index (κ3) is 4.58. The zero-order valence-electron chi connectivity index (χ0n) is 17.7. The van der Waals surface area contributed by atoms with E-state index in [4.69, 9.17) is 14.2 Å². The van der Waals surface area contributed by atoms with Crippen LogP contribution in [0, 0.1) is 5.82 Å². The van der Waals surface area contributed by atoms with Gasteiger partial charge in [0.05, 0.1) is 11.5 Å². The zero-order valence-corrected chi connectivity index (χ0v) is 19.3. The number of nitrogens with one attached hydrogen (secondary N) is 1. The Balaban J connectivity index is 1.44. The van der Waals surface area contributed by atoms with Gasteiger partial charge in [-0.2, -0.15) is 0 Å². The summed E-state index contributed by atoms with van der Waals surface area (Å²) in [6.07, 6.45) is 0. The van der Waals surface area contributed by atoms with Crippen LogP contribution >= 0.6 is 22.7 Å². The van der Waals surface area contributed by atoms with Crippen LogP contribution in [0.5, 0.6) is 5.75 Å². The second-order valence-electron chi connectivity index (χ2n) is 7.39. The Hall–Kier alpha value is -3.53. The second kappa shape index (κ2) is 9.76. The molecule has 9 heteroatoms. The Labute approximate surface area is 202 Å². The minimum atomic E-state index is -0.633. The molecule has 1 amide bonds. The number of thiophene rings is 2. The maximum absolute atomic E-state index is 14.1. The predicted octanol–water partition coefficient (Wildman–Crippen LogP) is 6.09. The van der Waals surface area contributed by atoms with Crippen molar-refractivity contribution in [1.82, 2.24) is 0 Å². The van der Waals surface area contributed by atoms with Crippen molar-refractivity contribution < 1.29 is 28.2 Å². The molecule has 0 radical (unpaired) electrons. The summed E-state index contributed by atoms with van der Waals surface area (Å²) in [7, 11) is 0. The summed E-state index contributed by atoms with van der Waals surface area (Å²) in [5.74, 6) is -0.951. The van der Waals surface area contributed by atoms with Crippen LogP contribution in [0.3, 0.4) is 0 Å². The van der Waals surface area contributed by atoms with E-state index in [0.717, 1.165) is 5.56 Å². The van der Waals surface area contributed by atoms with Gasteiger partial charge in [0, 0.05) is 22.1 Å². The van der Waals surface area contributed by atoms with E-state index in [2.05, 4.69) is 5.32 Å². The van der Waals surface area contributed by atoms with Crippen LogP contribution in [0.2, 0.25) is 0 Å². The van der Waals surface area contributed by atoms with Crippen molar-refractivity contribution in [3.8, 4) is 16.9 Å². The van der Waals surface area contributed by atoms with Crippen LogP contribution in [0.1, 0.15) is 31.2 Å². The van der Waals surface area contributed by atoms with Gasteiger partial charge in [0.15, 0.2) is 6.79 Å². The van der Waals surface area contributed by atoms with Crippen LogP contribution in [0.15, 0.2) is 65.4 Å². The molecule has 0 fully saturated rings. The Morgan fingerprint density at radius 3 is 2.74 bits per heavy atom. The van der Waals surface area contributed by atoms with E-state index in [0.29, 0.717) is 32.3 Å². The van der Waals surface area contributed by atoms with Gasteiger partial charge in [-0.15, -0.1) is 22.7 Å². The van der Waals surface area contributed by atoms with Crippen molar-refractivity contribution in [2.45, 2.75) is 13.2 Å². The first-order chi connectivity index (χ1) is 16.6. The molecule has 2 aromatic carbocycles. The van der Waals surface area contributed by atoms with Crippen LogP contribution in [0.25, 0.3) is 11.1 Å². The molecule has 6 nitrogen and oxygen atoms in total. The van der Waals surface area contributed by atoms with E-state index < -0.39 is 11.8 Å². The Morgan fingerprint density at radius 2 is 1.94 bits per heavy atom.